The molecule has 4 amide bonds. The molecule has 1 spiro atoms. The van der Waals surface area contributed by atoms with Gasteiger partial charge in [-0.05, 0) is 61.8 Å². The Morgan fingerprint density at radius 2 is 1.52 bits per heavy atom. The molecule has 0 radical (unpaired) electrons. The third-order valence-corrected chi connectivity index (χ3v) is 14.0. The molecule has 2 aromatic rings. The van der Waals surface area contributed by atoms with E-state index in [0.717, 1.165) is 12.0 Å². The Labute approximate surface area is 313 Å². The van der Waals surface area contributed by atoms with Crippen LogP contribution < -0.4 is 14.7 Å². The fourth-order valence-electron chi connectivity index (χ4n) is 9.13. The molecule has 16 heteroatoms. The Bertz CT molecular complexity index is 1900. The van der Waals surface area contributed by atoms with Crippen molar-refractivity contribution in [3.63, 3.8) is 0 Å². The van der Waals surface area contributed by atoms with E-state index in [-0.39, 0.29) is 56.2 Å². The number of benzene rings is 2. The third-order valence-electron chi connectivity index (χ3n) is 11.5. The molecule has 5 aliphatic heterocycles. The van der Waals surface area contributed by atoms with Gasteiger partial charge in [0, 0.05) is 48.8 Å². The summed E-state index contributed by atoms with van der Waals surface area (Å²) in [7, 11) is -3.13. The number of rotatable bonds is 10. The molecule has 288 valence electrons. The SMILES string of the molecule is CC(=O)OC1CC(=O)N1c1ccc(CN2C(=O)[C@@]3(O[C@@H](CC(=O)N4CCC[C@H]4CO)[C@H]([Si](C)(C)O)[C@H]3C)c3cc(N4C(=O)CC4OC(C)=O)ccc32)cc1. The largest absolute Gasteiger partial charge is 0.441 e. The van der Waals surface area contributed by atoms with E-state index in [4.69, 9.17) is 14.2 Å². The Morgan fingerprint density at radius 1 is 0.926 bits per heavy atom. The fraction of sp³-hybridized carbons (Fsp3) is 0.526. The van der Waals surface area contributed by atoms with E-state index in [2.05, 4.69) is 0 Å². The maximum Gasteiger partial charge on any atom is 0.304 e. The maximum atomic E-state index is 15.1. The topological polar surface area (TPSA) is 184 Å². The highest BCUT2D eigenvalue weighted by molar-refractivity contribution is 6.71. The molecule has 2 aromatic carbocycles. The Balaban J connectivity index is 1.25. The minimum absolute atomic E-state index is 0.0162. The highest BCUT2D eigenvalue weighted by atomic mass is 28.4. The number of aliphatic hydroxyl groups excluding tert-OH is 1. The average Bonchev–Trinajstić information content (AvgIpc) is 3.75. The van der Waals surface area contributed by atoms with Gasteiger partial charge in [-0.25, -0.2) is 0 Å². The summed E-state index contributed by atoms with van der Waals surface area (Å²) in [6.07, 6.45) is -0.841. The number of carbonyl (C=O) groups is 6. The summed E-state index contributed by atoms with van der Waals surface area (Å²) in [6.45, 7) is 8.40. The molecule has 0 aromatic heterocycles. The van der Waals surface area contributed by atoms with Crippen LogP contribution in [0, 0.1) is 5.92 Å². The van der Waals surface area contributed by atoms with Crippen molar-refractivity contribution < 1.29 is 52.9 Å². The van der Waals surface area contributed by atoms with E-state index in [9.17, 15) is 33.9 Å². The van der Waals surface area contributed by atoms with Crippen molar-refractivity contribution in [1.29, 1.82) is 0 Å². The van der Waals surface area contributed by atoms with Gasteiger partial charge in [0.15, 0.2) is 26.4 Å². The molecule has 15 nitrogen and oxygen atoms in total. The van der Waals surface area contributed by atoms with Crippen molar-refractivity contribution in [3.05, 3.63) is 53.6 Å². The van der Waals surface area contributed by atoms with Gasteiger partial charge in [0.05, 0.1) is 50.2 Å². The summed E-state index contributed by atoms with van der Waals surface area (Å²) in [6, 6.07) is 11.8. The normalized spacial score (nSPS) is 29.1. The number of hydrogen-bond donors (Lipinski definition) is 2. The minimum Gasteiger partial charge on any atom is -0.441 e. The van der Waals surface area contributed by atoms with Crippen molar-refractivity contribution in [3.8, 4) is 0 Å². The second-order valence-electron chi connectivity index (χ2n) is 15.5. The van der Waals surface area contributed by atoms with Gasteiger partial charge in [-0.1, -0.05) is 19.1 Å². The lowest BCUT2D eigenvalue weighted by Gasteiger charge is -2.39. The van der Waals surface area contributed by atoms with Gasteiger partial charge in [0.25, 0.3) is 5.91 Å². The van der Waals surface area contributed by atoms with Crippen LogP contribution in [-0.2, 0) is 55.1 Å². The number of aliphatic hydroxyl groups is 1. The number of hydrogen-bond acceptors (Lipinski definition) is 11. The van der Waals surface area contributed by atoms with Crippen LogP contribution in [0.1, 0.15) is 64.0 Å². The monoisotopic (exact) mass is 762 g/mol. The van der Waals surface area contributed by atoms with Crippen LogP contribution in [0.15, 0.2) is 42.5 Å². The van der Waals surface area contributed by atoms with Gasteiger partial charge < -0.3 is 33.9 Å². The van der Waals surface area contributed by atoms with Crippen LogP contribution in [0.4, 0.5) is 17.1 Å². The molecule has 0 saturated carbocycles. The Morgan fingerprint density at radius 3 is 2.07 bits per heavy atom. The molecule has 54 heavy (non-hydrogen) atoms. The van der Waals surface area contributed by atoms with E-state index in [1.807, 2.05) is 6.92 Å². The molecular formula is C38H46N4O11Si. The van der Waals surface area contributed by atoms with Crippen molar-refractivity contribution in [2.45, 2.75) is 108 Å². The number of β-lactam (4-membered cyclic amide) rings is 2. The number of nitrogens with zero attached hydrogens (tertiary/aromatic N) is 4. The lowest BCUT2D eigenvalue weighted by molar-refractivity contribution is -0.155. The predicted molar refractivity (Wildman–Crippen MR) is 195 cm³/mol. The molecule has 7 rings (SSSR count). The van der Waals surface area contributed by atoms with Gasteiger partial charge in [-0.3, -0.25) is 38.6 Å². The number of fused-ring (bicyclic) bond motifs is 2. The van der Waals surface area contributed by atoms with Crippen LogP contribution in [0.3, 0.4) is 0 Å². The first kappa shape index (κ1) is 37.7. The molecular weight excluding hydrogens is 717 g/mol. The van der Waals surface area contributed by atoms with E-state index in [0.29, 0.717) is 35.6 Å². The quantitative estimate of drug-likeness (QED) is 0.206. The minimum atomic E-state index is -3.13. The van der Waals surface area contributed by atoms with Crippen LogP contribution >= 0.6 is 0 Å². The number of anilines is 3. The Hall–Kier alpha value is -4.64. The molecule has 2 unspecified atom stereocenters. The molecule has 2 N–H and O–H groups in total. The van der Waals surface area contributed by atoms with Crippen LogP contribution in [-0.4, -0.2) is 96.4 Å². The maximum absolute atomic E-state index is 15.1. The van der Waals surface area contributed by atoms with Gasteiger partial charge in [0.2, 0.25) is 17.7 Å². The smallest absolute Gasteiger partial charge is 0.304 e. The molecule has 5 aliphatic rings. The second-order valence-corrected chi connectivity index (χ2v) is 19.4. The first-order chi connectivity index (χ1) is 25.5. The fourth-order valence-corrected chi connectivity index (χ4v) is 11.7. The molecule has 4 fully saturated rings. The van der Waals surface area contributed by atoms with Crippen molar-refractivity contribution in [2.75, 3.05) is 27.9 Å². The molecule has 7 atom stereocenters. The van der Waals surface area contributed by atoms with E-state index in [1.165, 1.54) is 23.6 Å². The molecule has 5 heterocycles. The van der Waals surface area contributed by atoms with Crippen molar-refractivity contribution >= 4 is 60.9 Å². The van der Waals surface area contributed by atoms with Gasteiger partial charge in [0.1, 0.15) is 0 Å². The summed E-state index contributed by atoms with van der Waals surface area (Å²) < 4.78 is 17.5. The zero-order valence-electron chi connectivity index (χ0n) is 31.0. The Kier molecular flexibility index (Phi) is 9.69. The summed E-state index contributed by atoms with van der Waals surface area (Å²) in [5.41, 5.74) is 0.476. The van der Waals surface area contributed by atoms with E-state index in [1.54, 1.807) is 65.4 Å². The van der Waals surface area contributed by atoms with Gasteiger partial charge >= 0.3 is 11.9 Å². The van der Waals surface area contributed by atoms with Gasteiger partial charge in [-0.2, -0.15) is 0 Å². The second kappa shape index (κ2) is 13.9. The summed E-state index contributed by atoms with van der Waals surface area (Å²) in [5.74, 6) is -2.69. The lowest BCUT2D eigenvalue weighted by Crippen LogP contribution is -2.55. The standard InChI is InChI=1S/C38H46N4O11Si/c1-21-36(54(4,5)50)30(16-31(46)39-14-6-7-27(39)20-43)53-38(21)28-15-26(42-33(48)18-35(42)52-23(3)45)12-13-29(28)40(37(38)49)19-24-8-10-25(11-9-24)41-32(47)17-34(41)51-22(2)44/h8-13,15,21,27,30,34-36,43,50H,6-7,14,16-20H2,1-5H3/t21-,27+,30+,34?,35?,36-,38+/m1/s1. The summed E-state index contributed by atoms with van der Waals surface area (Å²) in [5, 5.41) is 9.93. The zero-order valence-corrected chi connectivity index (χ0v) is 32.0. The predicted octanol–water partition coefficient (Wildman–Crippen LogP) is 2.66. The van der Waals surface area contributed by atoms with Crippen molar-refractivity contribution in [1.82, 2.24) is 4.90 Å². The third kappa shape index (κ3) is 6.27. The van der Waals surface area contributed by atoms with Crippen LogP contribution in [0.2, 0.25) is 18.6 Å². The number of ether oxygens (including phenoxy) is 3. The number of esters is 2. The van der Waals surface area contributed by atoms with Crippen LogP contribution in [0.25, 0.3) is 0 Å². The lowest BCUT2D eigenvalue weighted by atomic mass is 9.82. The number of likely N-dealkylation sites (tertiary alicyclic amines) is 1. The zero-order chi connectivity index (χ0) is 38.9. The van der Waals surface area contributed by atoms with Crippen LogP contribution in [0.5, 0.6) is 0 Å². The van der Waals surface area contributed by atoms with E-state index >= 15 is 4.79 Å². The first-order valence-electron chi connectivity index (χ1n) is 18.4. The number of carbonyl (C=O) groups excluding carboxylic acids is 6. The summed E-state index contributed by atoms with van der Waals surface area (Å²) >= 11 is 0. The molecule has 0 bridgehead atoms. The highest BCUT2D eigenvalue weighted by Gasteiger charge is 2.67. The summed E-state index contributed by atoms with van der Waals surface area (Å²) in [4.78, 5) is 95.3. The number of amides is 4. The average molecular weight is 763 g/mol. The van der Waals surface area contributed by atoms with Gasteiger partial charge in [-0.15, -0.1) is 0 Å². The van der Waals surface area contributed by atoms with Crippen molar-refractivity contribution in [2.24, 2.45) is 5.92 Å². The molecule has 4 saturated heterocycles. The molecule has 0 aliphatic carbocycles. The first-order valence-corrected chi connectivity index (χ1v) is 21.4. The highest BCUT2D eigenvalue weighted by Crippen LogP contribution is 2.60. The van der Waals surface area contributed by atoms with E-state index < -0.39 is 61.8 Å².